The summed E-state index contributed by atoms with van der Waals surface area (Å²) in [5.74, 6) is -0.107. The average Bonchev–Trinajstić information content (AvgIpc) is 2.59. The van der Waals surface area contributed by atoms with Crippen molar-refractivity contribution in [2.24, 2.45) is 5.14 Å². The Morgan fingerprint density at radius 2 is 2.00 bits per heavy atom. The number of benzene rings is 1. The lowest BCUT2D eigenvalue weighted by molar-refractivity contribution is -0.954. The van der Waals surface area contributed by atoms with Crippen LogP contribution in [0.3, 0.4) is 0 Å². The highest BCUT2D eigenvalue weighted by molar-refractivity contribution is 7.89. The Balaban J connectivity index is 2.14. The molecule has 1 aliphatic rings. The third-order valence-electron chi connectivity index (χ3n) is 4.49. The van der Waals surface area contributed by atoms with E-state index in [1.165, 1.54) is 30.2 Å². The van der Waals surface area contributed by atoms with Gasteiger partial charge in [0.2, 0.25) is 10.0 Å². The molecule has 9 heteroatoms. The van der Waals surface area contributed by atoms with Crippen molar-refractivity contribution in [1.29, 1.82) is 0 Å². The van der Waals surface area contributed by atoms with Crippen molar-refractivity contribution in [3.63, 3.8) is 0 Å². The second kappa shape index (κ2) is 7.69. The van der Waals surface area contributed by atoms with Crippen molar-refractivity contribution in [2.75, 3.05) is 40.0 Å². The second-order valence-corrected chi connectivity index (χ2v) is 8.25. The van der Waals surface area contributed by atoms with E-state index in [4.69, 9.17) is 14.6 Å². The average molecular weight is 372 g/mol. The molecule has 1 aliphatic heterocycles. The van der Waals surface area contributed by atoms with Gasteiger partial charge in [0.05, 0.1) is 37.3 Å². The van der Waals surface area contributed by atoms with Crippen LogP contribution in [0.4, 0.5) is 0 Å². The summed E-state index contributed by atoms with van der Waals surface area (Å²) in [6, 6.07) is 3.97. The van der Waals surface area contributed by atoms with Crippen molar-refractivity contribution in [2.45, 2.75) is 24.3 Å². The number of sulfonamides is 1. The number of nitrogens with two attached hydrogens (primary N) is 1. The van der Waals surface area contributed by atoms with Gasteiger partial charge in [0.25, 0.3) is 5.91 Å². The fourth-order valence-corrected chi connectivity index (χ4v) is 3.40. The van der Waals surface area contributed by atoms with Gasteiger partial charge in [-0.25, -0.2) is 13.6 Å². The van der Waals surface area contributed by atoms with Crippen LogP contribution in [0.15, 0.2) is 23.1 Å². The first kappa shape index (κ1) is 19.6. The van der Waals surface area contributed by atoms with Crippen molar-refractivity contribution in [1.82, 2.24) is 5.32 Å². The Kier molecular flexibility index (Phi) is 6.04. The molecule has 140 valence electrons. The highest BCUT2D eigenvalue weighted by Gasteiger charge is 2.33. The standard InChI is InChI=1S/C16H25N3O5S/c1-16(2,19-6-8-24-9-7-19)11-18-15(20)13-10-12(25(17,21)22)4-5-14(13)23-3/h4-5,10H,6-9,11H2,1-3H3,(H,18,20)(H2,17,21,22)/p+1. The van der Waals surface area contributed by atoms with Crippen molar-refractivity contribution < 1.29 is 27.6 Å². The van der Waals surface area contributed by atoms with E-state index < -0.39 is 15.9 Å². The largest absolute Gasteiger partial charge is 0.496 e. The molecule has 4 N–H and O–H groups in total. The highest BCUT2D eigenvalue weighted by atomic mass is 32.2. The Morgan fingerprint density at radius 1 is 1.36 bits per heavy atom. The zero-order valence-electron chi connectivity index (χ0n) is 14.8. The van der Waals surface area contributed by atoms with Gasteiger partial charge in [0.1, 0.15) is 24.4 Å². The van der Waals surface area contributed by atoms with E-state index >= 15 is 0 Å². The monoisotopic (exact) mass is 372 g/mol. The predicted molar refractivity (Wildman–Crippen MR) is 92.3 cm³/mol. The number of carbonyl (C=O) groups excluding carboxylic acids is 1. The van der Waals surface area contributed by atoms with Crippen LogP contribution in [-0.4, -0.2) is 59.8 Å². The maximum atomic E-state index is 12.6. The number of nitrogens with one attached hydrogen (secondary N) is 2. The molecule has 0 atom stereocenters. The first-order chi connectivity index (χ1) is 11.6. The smallest absolute Gasteiger partial charge is 0.255 e. The van der Waals surface area contributed by atoms with E-state index in [2.05, 4.69) is 19.2 Å². The summed E-state index contributed by atoms with van der Waals surface area (Å²) < 4.78 is 33.6. The summed E-state index contributed by atoms with van der Waals surface area (Å²) in [4.78, 5) is 13.8. The second-order valence-electron chi connectivity index (χ2n) is 6.69. The highest BCUT2D eigenvalue weighted by Crippen LogP contribution is 2.21. The number of methoxy groups -OCH3 is 1. The molecule has 8 nitrogen and oxygen atoms in total. The molecule has 0 aromatic heterocycles. The van der Waals surface area contributed by atoms with Gasteiger partial charge in [-0.1, -0.05) is 0 Å². The Morgan fingerprint density at radius 3 is 2.56 bits per heavy atom. The maximum Gasteiger partial charge on any atom is 0.255 e. The van der Waals surface area contributed by atoms with Gasteiger partial charge in [0.15, 0.2) is 0 Å². The van der Waals surface area contributed by atoms with E-state index in [9.17, 15) is 13.2 Å². The molecule has 0 radical (unpaired) electrons. The number of amides is 1. The number of ether oxygens (including phenoxy) is 2. The lowest BCUT2D eigenvalue weighted by Crippen LogP contribution is -3.22. The molecule has 1 fully saturated rings. The zero-order valence-corrected chi connectivity index (χ0v) is 15.6. The Labute approximate surface area is 148 Å². The van der Waals surface area contributed by atoms with E-state index in [-0.39, 0.29) is 16.0 Å². The van der Waals surface area contributed by atoms with E-state index in [1.807, 2.05) is 0 Å². The Hall–Kier alpha value is -1.68. The number of hydrogen-bond acceptors (Lipinski definition) is 5. The molecule has 1 aromatic rings. The predicted octanol–water partition coefficient (Wildman–Crippen LogP) is -1.23. The minimum absolute atomic E-state index is 0.128. The summed E-state index contributed by atoms with van der Waals surface area (Å²) in [6.45, 7) is 7.76. The molecule has 0 aliphatic carbocycles. The minimum Gasteiger partial charge on any atom is -0.496 e. The van der Waals surface area contributed by atoms with Crippen LogP contribution in [0.1, 0.15) is 24.2 Å². The molecule has 1 heterocycles. The molecule has 25 heavy (non-hydrogen) atoms. The normalized spacial score (nSPS) is 16.5. The van der Waals surface area contributed by atoms with E-state index in [1.54, 1.807) is 0 Å². The van der Waals surface area contributed by atoms with Gasteiger partial charge in [-0.15, -0.1) is 0 Å². The summed E-state index contributed by atoms with van der Waals surface area (Å²) >= 11 is 0. The molecule has 2 rings (SSSR count). The maximum absolute atomic E-state index is 12.6. The van der Waals surface area contributed by atoms with Crippen molar-refractivity contribution in [3.8, 4) is 5.75 Å². The molecular weight excluding hydrogens is 346 g/mol. The third-order valence-corrected chi connectivity index (χ3v) is 5.40. The van der Waals surface area contributed by atoms with Gasteiger partial charge < -0.3 is 19.7 Å². The van der Waals surface area contributed by atoms with Gasteiger partial charge in [-0.05, 0) is 32.0 Å². The molecule has 1 amide bonds. The van der Waals surface area contributed by atoms with Gasteiger partial charge in [-0.2, -0.15) is 0 Å². The third kappa shape index (κ3) is 4.91. The molecule has 1 aromatic carbocycles. The van der Waals surface area contributed by atoms with E-state index in [0.717, 1.165) is 13.1 Å². The topological polar surface area (TPSA) is 112 Å². The summed E-state index contributed by atoms with van der Waals surface area (Å²) in [5, 5.41) is 8.02. The number of morpholine rings is 1. The van der Waals surface area contributed by atoms with Crippen molar-refractivity contribution >= 4 is 15.9 Å². The number of carbonyl (C=O) groups is 1. The molecule has 0 bridgehead atoms. The summed E-state index contributed by atoms with van der Waals surface area (Å²) in [7, 11) is -2.48. The van der Waals surface area contributed by atoms with Gasteiger partial charge in [-0.3, -0.25) is 4.79 Å². The molecule has 0 spiro atoms. The number of hydrogen-bond donors (Lipinski definition) is 3. The van der Waals surface area contributed by atoms with Crippen LogP contribution in [0.2, 0.25) is 0 Å². The van der Waals surface area contributed by atoms with Crippen LogP contribution in [0, 0.1) is 0 Å². The quantitative estimate of drug-likeness (QED) is 0.579. The molecular formula is C16H26N3O5S+. The number of quaternary nitrogens is 1. The number of rotatable bonds is 6. The van der Waals surface area contributed by atoms with Crippen molar-refractivity contribution in [3.05, 3.63) is 23.8 Å². The first-order valence-electron chi connectivity index (χ1n) is 8.07. The van der Waals surface area contributed by atoms with Crippen LogP contribution >= 0.6 is 0 Å². The SMILES string of the molecule is COc1ccc(S(N)(=O)=O)cc1C(=O)NCC(C)(C)[NH+]1CCOCC1. The molecule has 0 saturated carbocycles. The van der Waals surface area contributed by atoms with Crippen LogP contribution in [0.5, 0.6) is 5.75 Å². The minimum atomic E-state index is -3.90. The zero-order chi connectivity index (χ0) is 18.7. The lowest BCUT2D eigenvalue weighted by atomic mass is 10.0. The lowest BCUT2D eigenvalue weighted by Gasteiger charge is -2.37. The summed E-state index contributed by atoms with van der Waals surface area (Å²) in [5.41, 5.74) is -0.0358. The fraction of sp³-hybridized carbons (Fsp3) is 0.562. The first-order valence-corrected chi connectivity index (χ1v) is 9.62. The van der Waals surface area contributed by atoms with Gasteiger partial charge >= 0.3 is 0 Å². The van der Waals surface area contributed by atoms with Crippen LogP contribution in [0.25, 0.3) is 0 Å². The molecule has 0 unspecified atom stereocenters. The van der Waals surface area contributed by atoms with Gasteiger partial charge in [0, 0.05) is 0 Å². The number of primary sulfonamides is 1. The Bertz CT molecular complexity index is 727. The summed E-state index contributed by atoms with van der Waals surface area (Å²) in [6.07, 6.45) is 0. The fourth-order valence-electron chi connectivity index (χ4n) is 2.86. The van der Waals surface area contributed by atoms with Crippen LogP contribution < -0.4 is 20.1 Å². The molecule has 1 saturated heterocycles. The van der Waals surface area contributed by atoms with E-state index in [0.29, 0.717) is 25.5 Å². The van der Waals surface area contributed by atoms with Crippen LogP contribution in [-0.2, 0) is 14.8 Å².